The van der Waals surface area contributed by atoms with Crippen LogP contribution in [0.5, 0.6) is 5.75 Å². The summed E-state index contributed by atoms with van der Waals surface area (Å²) in [6, 6.07) is 4.31. The number of rotatable bonds is 6. The molecule has 0 saturated heterocycles. The van der Waals surface area contributed by atoms with Gasteiger partial charge in [-0.15, -0.1) is 0 Å². The predicted molar refractivity (Wildman–Crippen MR) is 100 cm³/mol. The Morgan fingerprint density at radius 2 is 1.81 bits per heavy atom. The van der Waals surface area contributed by atoms with Crippen LogP contribution < -0.4 is 20.7 Å². The van der Waals surface area contributed by atoms with Crippen molar-refractivity contribution in [3.05, 3.63) is 18.2 Å². The van der Waals surface area contributed by atoms with Crippen molar-refractivity contribution in [2.75, 3.05) is 17.7 Å². The number of carbonyl (C=O) groups is 3. The zero-order chi connectivity index (χ0) is 19.1. The van der Waals surface area contributed by atoms with Crippen LogP contribution >= 0.6 is 0 Å². The molecule has 0 spiro atoms. The second-order valence-corrected chi connectivity index (χ2v) is 6.65. The summed E-state index contributed by atoms with van der Waals surface area (Å²) in [4.78, 5) is 35.9. The zero-order valence-electron chi connectivity index (χ0n) is 15.6. The van der Waals surface area contributed by atoms with Crippen molar-refractivity contribution in [1.29, 1.82) is 0 Å². The monoisotopic (exact) mass is 361 g/mol. The molecule has 0 heterocycles. The Morgan fingerprint density at radius 3 is 2.42 bits per heavy atom. The summed E-state index contributed by atoms with van der Waals surface area (Å²) in [5.74, 6) is -0.0998. The average molecular weight is 361 g/mol. The Hall–Kier alpha value is -2.57. The Bertz CT molecular complexity index is 669. The van der Waals surface area contributed by atoms with Gasteiger partial charge in [-0.25, -0.2) is 0 Å². The third-order valence-corrected chi connectivity index (χ3v) is 4.51. The molecule has 1 aromatic carbocycles. The highest BCUT2D eigenvalue weighted by atomic mass is 16.5. The maximum absolute atomic E-state index is 12.4. The van der Waals surface area contributed by atoms with Gasteiger partial charge < -0.3 is 20.7 Å². The van der Waals surface area contributed by atoms with Gasteiger partial charge in [0.2, 0.25) is 17.7 Å². The molecule has 7 heteroatoms. The van der Waals surface area contributed by atoms with Gasteiger partial charge in [0, 0.05) is 18.5 Å². The zero-order valence-corrected chi connectivity index (χ0v) is 15.6. The van der Waals surface area contributed by atoms with Gasteiger partial charge in [-0.05, 0) is 38.0 Å². The van der Waals surface area contributed by atoms with Crippen molar-refractivity contribution >= 4 is 29.1 Å². The minimum atomic E-state index is -0.643. The van der Waals surface area contributed by atoms with E-state index in [4.69, 9.17) is 4.74 Å². The Balaban J connectivity index is 1.97. The van der Waals surface area contributed by atoms with E-state index in [1.807, 2.05) is 0 Å². The summed E-state index contributed by atoms with van der Waals surface area (Å²) in [6.45, 7) is 3.06. The first-order valence-corrected chi connectivity index (χ1v) is 8.97. The molecule has 7 nitrogen and oxygen atoms in total. The van der Waals surface area contributed by atoms with Crippen LogP contribution in [-0.4, -0.2) is 30.9 Å². The van der Waals surface area contributed by atoms with E-state index in [-0.39, 0.29) is 23.6 Å². The minimum Gasteiger partial charge on any atom is -0.495 e. The molecule has 1 fully saturated rings. The molecule has 0 bridgehead atoms. The highest BCUT2D eigenvalue weighted by Gasteiger charge is 2.24. The summed E-state index contributed by atoms with van der Waals surface area (Å²) in [6.07, 6.45) is 5.08. The van der Waals surface area contributed by atoms with Gasteiger partial charge in [-0.1, -0.05) is 19.3 Å². The second-order valence-electron chi connectivity index (χ2n) is 6.65. The molecule has 142 valence electrons. The second kappa shape index (κ2) is 9.22. The van der Waals surface area contributed by atoms with E-state index in [1.165, 1.54) is 20.5 Å². The third-order valence-electron chi connectivity index (χ3n) is 4.51. The molecule has 1 aliphatic rings. The molecular formula is C19H27N3O4. The number of hydrogen-bond acceptors (Lipinski definition) is 4. The summed E-state index contributed by atoms with van der Waals surface area (Å²) in [5.41, 5.74) is 0.981. The maximum Gasteiger partial charge on any atom is 0.246 e. The largest absolute Gasteiger partial charge is 0.495 e. The van der Waals surface area contributed by atoms with Gasteiger partial charge in [-0.3, -0.25) is 14.4 Å². The van der Waals surface area contributed by atoms with E-state index >= 15 is 0 Å². The third kappa shape index (κ3) is 5.47. The lowest BCUT2D eigenvalue weighted by Crippen LogP contribution is -2.44. The van der Waals surface area contributed by atoms with Crippen LogP contribution in [0.3, 0.4) is 0 Å². The van der Waals surface area contributed by atoms with Gasteiger partial charge >= 0.3 is 0 Å². The smallest absolute Gasteiger partial charge is 0.246 e. The molecule has 26 heavy (non-hydrogen) atoms. The molecule has 0 radical (unpaired) electrons. The SMILES string of the molecule is COc1ccc(NC(=O)[C@H](C)NC(=O)C2CCCCC2)cc1NC(C)=O. The number of benzene rings is 1. The van der Waals surface area contributed by atoms with E-state index < -0.39 is 6.04 Å². The number of amides is 3. The fraction of sp³-hybridized carbons (Fsp3) is 0.526. The summed E-state index contributed by atoms with van der Waals surface area (Å²) < 4.78 is 5.19. The number of anilines is 2. The van der Waals surface area contributed by atoms with E-state index in [0.717, 1.165) is 25.7 Å². The lowest BCUT2D eigenvalue weighted by atomic mass is 9.88. The normalized spacial score (nSPS) is 15.7. The fourth-order valence-corrected chi connectivity index (χ4v) is 3.09. The van der Waals surface area contributed by atoms with Gasteiger partial charge in [0.05, 0.1) is 12.8 Å². The maximum atomic E-state index is 12.4. The van der Waals surface area contributed by atoms with Crippen LogP contribution in [0.1, 0.15) is 46.0 Å². The number of hydrogen-bond donors (Lipinski definition) is 3. The first kappa shape index (κ1) is 19.8. The Labute approximate surface area is 153 Å². The van der Waals surface area contributed by atoms with Crippen molar-refractivity contribution in [2.24, 2.45) is 5.92 Å². The topological polar surface area (TPSA) is 96.5 Å². The fourth-order valence-electron chi connectivity index (χ4n) is 3.09. The molecule has 1 atom stereocenters. The average Bonchev–Trinajstić information content (AvgIpc) is 2.62. The van der Waals surface area contributed by atoms with Crippen molar-refractivity contribution in [3.63, 3.8) is 0 Å². The quantitative estimate of drug-likeness (QED) is 0.726. The van der Waals surface area contributed by atoms with E-state index in [1.54, 1.807) is 25.1 Å². The lowest BCUT2D eigenvalue weighted by molar-refractivity contribution is -0.129. The highest BCUT2D eigenvalue weighted by Crippen LogP contribution is 2.28. The molecule has 1 aliphatic carbocycles. The minimum absolute atomic E-state index is 0.00588. The van der Waals surface area contributed by atoms with Crippen molar-refractivity contribution < 1.29 is 19.1 Å². The van der Waals surface area contributed by atoms with Gasteiger partial charge in [0.15, 0.2) is 0 Å². The van der Waals surface area contributed by atoms with E-state index in [9.17, 15) is 14.4 Å². The standard InChI is InChI=1S/C19H27N3O4/c1-12(20-19(25)14-7-5-4-6-8-14)18(24)22-15-9-10-17(26-3)16(11-15)21-13(2)23/h9-12,14H,4-8H2,1-3H3,(H,20,25)(H,21,23)(H,22,24)/t12-/m0/s1. The molecule has 1 aromatic rings. The first-order chi connectivity index (χ1) is 12.4. The van der Waals surface area contributed by atoms with Crippen LogP contribution in [0.25, 0.3) is 0 Å². The number of methoxy groups -OCH3 is 1. The molecule has 1 saturated carbocycles. The molecule has 2 rings (SSSR count). The molecule has 3 amide bonds. The first-order valence-electron chi connectivity index (χ1n) is 8.97. The molecule has 0 aromatic heterocycles. The van der Waals surface area contributed by atoms with E-state index in [0.29, 0.717) is 17.1 Å². The predicted octanol–water partition coefficient (Wildman–Crippen LogP) is 2.68. The van der Waals surface area contributed by atoms with E-state index in [2.05, 4.69) is 16.0 Å². The highest BCUT2D eigenvalue weighted by molar-refractivity contribution is 5.98. The van der Waals surface area contributed by atoms with Crippen LogP contribution in [0, 0.1) is 5.92 Å². The number of carbonyl (C=O) groups excluding carboxylic acids is 3. The molecule has 0 unspecified atom stereocenters. The van der Waals surface area contributed by atoms with Gasteiger partial charge in [0.25, 0.3) is 0 Å². The van der Waals surface area contributed by atoms with Crippen LogP contribution in [0.15, 0.2) is 18.2 Å². The van der Waals surface area contributed by atoms with Crippen LogP contribution in [0.2, 0.25) is 0 Å². The summed E-state index contributed by atoms with van der Waals surface area (Å²) in [7, 11) is 1.50. The van der Waals surface area contributed by atoms with Gasteiger partial charge in [-0.2, -0.15) is 0 Å². The van der Waals surface area contributed by atoms with Gasteiger partial charge in [0.1, 0.15) is 11.8 Å². The van der Waals surface area contributed by atoms with Crippen molar-refractivity contribution in [3.8, 4) is 5.75 Å². The summed E-state index contributed by atoms with van der Waals surface area (Å²) in [5, 5.41) is 8.21. The lowest BCUT2D eigenvalue weighted by Gasteiger charge is -2.23. The number of nitrogens with one attached hydrogen (secondary N) is 3. The molecule has 0 aliphatic heterocycles. The van der Waals surface area contributed by atoms with Crippen LogP contribution in [0.4, 0.5) is 11.4 Å². The van der Waals surface area contributed by atoms with Crippen molar-refractivity contribution in [2.45, 2.75) is 52.0 Å². The summed E-state index contributed by atoms with van der Waals surface area (Å²) >= 11 is 0. The van der Waals surface area contributed by atoms with Crippen molar-refractivity contribution in [1.82, 2.24) is 5.32 Å². The Kier molecular flexibility index (Phi) is 7.00. The van der Waals surface area contributed by atoms with Crippen LogP contribution in [-0.2, 0) is 14.4 Å². The number of ether oxygens (including phenoxy) is 1. The molecule has 3 N–H and O–H groups in total. The molecular weight excluding hydrogens is 334 g/mol. The Morgan fingerprint density at radius 1 is 1.12 bits per heavy atom.